The van der Waals surface area contributed by atoms with Gasteiger partial charge in [0.1, 0.15) is 0 Å². The monoisotopic (exact) mass is 280 g/mol. The lowest BCUT2D eigenvalue weighted by Gasteiger charge is -2.10. The summed E-state index contributed by atoms with van der Waals surface area (Å²) in [7, 11) is 0. The molecule has 1 unspecified atom stereocenters. The lowest BCUT2D eigenvalue weighted by molar-refractivity contribution is 0.835. The van der Waals surface area contributed by atoms with Gasteiger partial charge in [-0.15, -0.1) is 11.3 Å². The van der Waals surface area contributed by atoms with Gasteiger partial charge in [-0.2, -0.15) is 0 Å². The quantitative estimate of drug-likeness (QED) is 0.782. The molecule has 0 aliphatic rings. The largest absolute Gasteiger partial charge is 0.319 e. The van der Waals surface area contributed by atoms with Crippen LogP contribution in [0.4, 0.5) is 0 Å². The van der Waals surface area contributed by atoms with Crippen LogP contribution in [0.3, 0.4) is 0 Å². The van der Waals surface area contributed by atoms with E-state index in [0.717, 1.165) is 16.3 Å². The van der Waals surface area contributed by atoms with E-state index in [1.807, 2.05) is 30.5 Å². The Morgan fingerprint density at radius 1 is 0.950 bits per heavy atom. The Bertz CT molecular complexity index is 687. The normalized spacial score (nSPS) is 12.3. The lowest BCUT2D eigenvalue weighted by Crippen LogP contribution is -2.12. The number of hydrogen-bond donors (Lipinski definition) is 1. The Balaban J connectivity index is 1.86. The molecule has 0 saturated heterocycles. The van der Waals surface area contributed by atoms with E-state index >= 15 is 0 Å². The summed E-state index contributed by atoms with van der Waals surface area (Å²) < 4.78 is 0. The molecule has 0 radical (unpaired) electrons. The molecule has 100 valence electrons. The fourth-order valence-corrected chi connectivity index (χ4v) is 2.86. The summed E-state index contributed by atoms with van der Waals surface area (Å²) in [4.78, 5) is 4.46. The zero-order chi connectivity index (χ0) is 13.9. The topological polar surface area (TPSA) is 38.9 Å². The molecule has 0 spiro atoms. The second-order valence-electron chi connectivity index (χ2n) is 4.76. The molecule has 2 N–H and O–H groups in total. The standard InChI is InChI=1S/C17H16N2S/c1-12-19-16(11-20-12)17(18)15-9-7-14(8-10-15)13-5-3-2-4-6-13/h2-11,17H,18H2,1H3. The summed E-state index contributed by atoms with van der Waals surface area (Å²) >= 11 is 1.64. The molecule has 1 atom stereocenters. The van der Waals surface area contributed by atoms with Gasteiger partial charge in [0.2, 0.25) is 0 Å². The van der Waals surface area contributed by atoms with E-state index in [1.54, 1.807) is 11.3 Å². The van der Waals surface area contributed by atoms with Gasteiger partial charge in [0.05, 0.1) is 16.7 Å². The fraction of sp³-hybridized carbons (Fsp3) is 0.118. The molecule has 2 aromatic carbocycles. The number of benzene rings is 2. The number of nitrogens with zero attached hydrogens (tertiary/aromatic N) is 1. The first-order chi connectivity index (χ1) is 9.74. The highest BCUT2D eigenvalue weighted by atomic mass is 32.1. The number of rotatable bonds is 3. The van der Waals surface area contributed by atoms with Crippen LogP contribution in [0.2, 0.25) is 0 Å². The Labute approximate surface area is 122 Å². The molecule has 0 saturated carbocycles. The molecular formula is C17H16N2S. The minimum absolute atomic E-state index is 0.148. The first-order valence-electron chi connectivity index (χ1n) is 6.57. The van der Waals surface area contributed by atoms with Crippen molar-refractivity contribution in [3.05, 3.63) is 76.2 Å². The van der Waals surface area contributed by atoms with Crippen molar-refractivity contribution in [1.82, 2.24) is 4.98 Å². The molecule has 0 bridgehead atoms. The third-order valence-corrected chi connectivity index (χ3v) is 4.12. The van der Waals surface area contributed by atoms with Gasteiger partial charge in [-0.05, 0) is 23.6 Å². The van der Waals surface area contributed by atoms with E-state index in [4.69, 9.17) is 5.73 Å². The van der Waals surface area contributed by atoms with Crippen LogP contribution in [-0.4, -0.2) is 4.98 Å². The van der Waals surface area contributed by atoms with Crippen LogP contribution >= 0.6 is 11.3 Å². The van der Waals surface area contributed by atoms with E-state index in [2.05, 4.69) is 41.4 Å². The van der Waals surface area contributed by atoms with Crippen LogP contribution in [0.15, 0.2) is 60.0 Å². The Kier molecular flexibility index (Phi) is 3.63. The van der Waals surface area contributed by atoms with Crippen molar-refractivity contribution in [3.63, 3.8) is 0 Å². The van der Waals surface area contributed by atoms with Crippen molar-refractivity contribution in [2.24, 2.45) is 5.73 Å². The highest BCUT2D eigenvalue weighted by Crippen LogP contribution is 2.24. The summed E-state index contributed by atoms with van der Waals surface area (Å²) in [6.45, 7) is 2.00. The minimum Gasteiger partial charge on any atom is -0.319 e. The number of nitrogens with two attached hydrogens (primary N) is 1. The van der Waals surface area contributed by atoms with Gasteiger partial charge in [-0.25, -0.2) is 4.98 Å². The van der Waals surface area contributed by atoms with Crippen molar-refractivity contribution in [2.45, 2.75) is 13.0 Å². The minimum atomic E-state index is -0.148. The predicted octanol–water partition coefficient (Wildman–Crippen LogP) is 4.17. The zero-order valence-corrected chi connectivity index (χ0v) is 12.1. The van der Waals surface area contributed by atoms with Gasteiger partial charge < -0.3 is 5.73 Å². The number of aromatic nitrogens is 1. The van der Waals surface area contributed by atoms with Gasteiger partial charge in [0.25, 0.3) is 0 Å². The van der Waals surface area contributed by atoms with E-state index in [1.165, 1.54) is 11.1 Å². The molecule has 2 nitrogen and oxygen atoms in total. The van der Waals surface area contributed by atoms with Gasteiger partial charge in [-0.3, -0.25) is 0 Å². The molecule has 0 fully saturated rings. The highest BCUT2D eigenvalue weighted by Gasteiger charge is 2.11. The van der Waals surface area contributed by atoms with Crippen molar-refractivity contribution >= 4 is 11.3 Å². The third-order valence-electron chi connectivity index (χ3n) is 3.33. The second kappa shape index (κ2) is 5.57. The van der Waals surface area contributed by atoms with E-state index in [-0.39, 0.29) is 6.04 Å². The third kappa shape index (κ3) is 2.64. The molecule has 3 heteroatoms. The van der Waals surface area contributed by atoms with Gasteiger partial charge in [-0.1, -0.05) is 54.6 Å². The smallest absolute Gasteiger partial charge is 0.0898 e. The maximum absolute atomic E-state index is 6.26. The molecule has 1 aromatic heterocycles. The average Bonchev–Trinajstić information content (AvgIpc) is 2.94. The van der Waals surface area contributed by atoms with Crippen molar-refractivity contribution < 1.29 is 0 Å². The van der Waals surface area contributed by atoms with E-state index < -0.39 is 0 Å². The van der Waals surface area contributed by atoms with Crippen LogP contribution in [0.5, 0.6) is 0 Å². The van der Waals surface area contributed by atoms with Gasteiger partial charge in [0.15, 0.2) is 0 Å². The average molecular weight is 280 g/mol. The molecule has 0 aliphatic heterocycles. The summed E-state index contributed by atoms with van der Waals surface area (Å²) in [5, 5.41) is 3.09. The van der Waals surface area contributed by atoms with Crippen LogP contribution in [0.25, 0.3) is 11.1 Å². The number of hydrogen-bond acceptors (Lipinski definition) is 3. The zero-order valence-electron chi connectivity index (χ0n) is 11.3. The van der Waals surface area contributed by atoms with Gasteiger partial charge in [0, 0.05) is 5.38 Å². The van der Waals surface area contributed by atoms with E-state index in [0.29, 0.717) is 0 Å². The summed E-state index contributed by atoms with van der Waals surface area (Å²) in [5.74, 6) is 0. The molecule has 3 aromatic rings. The van der Waals surface area contributed by atoms with Crippen LogP contribution < -0.4 is 5.73 Å². The van der Waals surface area contributed by atoms with Crippen LogP contribution in [-0.2, 0) is 0 Å². The molecule has 0 amide bonds. The van der Waals surface area contributed by atoms with Crippen LogP contribution in [0.1, 0.15) is 22.3 Å². The predicted molar refractivity (Wildman–Crippen MR) is 84.8 cm³/mol. The second-order valence-corrected chi connectivity index (χ2v) is 5.82. The molecule has 20 heavy (non-hydrogen) atoms. The first kappa shape index (κ1) is 13.0. The first-order valence-corrected chi connectivity index (χ1v) is 7.45. The lowest BCUT2D eigenvalue weighted by atomic mass is 10.00. The highest BCUT2D eigenvalue weighted by molar-refractivity contribution is 7.09. The summed E-state index contributed by atoms with van der Waals surface area (Å²) in [6.07, 6.45) is 0. The van der Waals surface area contributed by atoms with E-state index in [9.17, 15) is 0 Å². The van der Waals surface area contributed by atoms with Crippen molar-refractivity contribution in [2.75, 3.05) is 0 Å². The molecule has 1 heterocycles. The molecule has 0 aliphatic carbocycles. The Hall–Kier alpha value is -1.97. The number of thiazole rings is 1. The van der Waals surface area contributed by atoms with Crippen LogP contribution in [0, 0.1) is 6.92 Å². The summed E-state index contributed by atoms with van der Waals surface area (Å²) in [5.41, 5.74) is 10.7. The van der Waals surface area contributed by atoms with Gasteiger partial charge >= 0.3 is 0 Å². The molecular weight excluding hydrogens is 264 g/mol. The van der Waals surface area contributed by atoms with Crippen molar-refractivity contribution in [3.8, 4) is 11.1 Å². The SMILES string of the molecule is Cc1nc(C(N)c2ccc(-c3ccccc3)cc2)cs1. The van der Waals surface area contributed by atoms with Crippen molar-refractivity contribution in [1.29, 1.82) is 0 Å². The fourth-order valence-electron chi connectivity index (χ4n) is 2.21. The number of aryl methyl sites for hydroxylation is 1. The Morgan fingerprint density at radius 3 is 2.20 bits per heavy atom. The summed E-state index contributed by atoms with van der Waals surface area (Å²) in [6, 6.07) is 18.6. The maximum atomic E-state index is 6.26. The Morgan fingerprint density at radius 2 is 1.60 bits per heavy atom. The molecule has 3 rings (SSSR count). The maximum Gasteiger partial charge on any atom is 0.0898 e.